The fourth-order valence-electron chi connectivity index (χ4n) is 2.42. The Balaban J connectivity index is 0.00000225. The van der Waals surface area contributed by atoms with Gasteiger partial charge >= 0.3 is 0 Å². The van der Waals surface area contributed by atoms with Crippen molar-refractivity contribution in [1.29, 1.82) is 0 Å². The quantitative estimate of drug-likeness (QED) is 0.379. The molecule has 0 radical (unpaired) electrons. The molecule has 0 atom stereocenters. The second kappa shape index (κ2) is 10.3. The number of hydrogen-bond donors (Lipinski definition) is 2. The van der Waals surface area contributed by atoms with Crippen LogP contribution in [-0.2, 0) is 13.2 Å². The number of nitrogens with zero attached hydrogens (tertiary/aromatic N) is 1. The van der Waals surface area contributed by atoms with Crippen LogP contribution in [0.2, 0.25) is 0 Å². The summed E-state index contributed by atoms with van der Waals surface area (Å²) in [4.78, 5) is 4.69. The topological polar surface area (TPSA) is 45.7 Å². The first kappa shape index (κ1) is 19.6. The van der Waals surface area contributed by atoms with E-state index in [0.717, 1.165) is 23.8 Å². The van der Waals surface area contributed by atoms with E-state index in [4.69, 9.17) is 9.73 Å². The van der Waals surface area contributed by atoms with E-state index < -0.39 is 0 Å². The van der Waals surface area contributed by atoms with Crippen molar-refractivity contribution < 1.29 is 4.74 Å². The van der Waals surface area contributed by atoms with Crippen LogP contribution in [0.25, 0.3) is 0 Å². The minimum atomic E-state index is 0. The summed E-state index contributed by atoms with van der Waals surface area (Å²) >= 11 is 0. The summed E-state index contributed by atoms with van der Waals surface area (Å²) < 4.78 is 6.00. The van der Waals surface area contributed by atoms with E-state index in [0.29, 0.717) is 19.2 Å². The monoisotopic (exact) mass is 451 g/mol. The summed E-state index contributed by atoms with van der Waals surface area (Å²) in [5.74, 6) is 1.78. The van der Waals surface area contributed by atoms with Crippen molar-refractivity contribution >= 4 is 29.9 Å². The van der Waals surface area contributed by atoms with E-state index in [1.807, 2.05) is 36.4 Å². The zero-order chi connectivity index (χ0) is 16.6. The van der Waals surface area contributed by atoms with Crippen molar-refractivity contribution in [3.05, 3.63) is 65.7 Å². The van der Waals surface area contributed by atoms with Gasteiger partial charge in [-0.3, -0.25) is 0 Å². The fraction of sp³-hybridized carbons (Fsp3) is 0.350. The molecule has 0 aliphatic heterocycles. The van der Waals surface area contributed by atoms with Gasteiger partial charge in [-0.15, -0.1) is 24.0 Å². The molecule has 1 saturated carbocycles. The van der Waals surface area contributed by atoms with Gasteiger partial charge in [0, 0.05) is 18.2 Å². The van der Waals surface area contributed by atoms with Gasteiger partial charge in [-0.05, 0) is 31.4 Å². The molecule has 0 spiro atoms. The molecule has 1 aliphatic rings. The van der Waals surface area contributed by atoms with E-state index in [9.17, 15) is 0 Å². The van der Waals surface area contributed by atoms with Crippen LogP contribution in [0, 0.1) is 0 Å². The van der Waals surface area contributed by atoms with Crippen LogP contribution in [0.15, 0.2) is 59.6 Å². The first-order chi connectivity index (χ1) is 11.8. The average Bonchev–Trinajstić information content (AvgIpc) is 3.44. The maximum Gasteiger partial charge on any atom is 0.191 e. The number of guanidine groups is 1. The Morgan fingerprint density at radius 1 is 1.08 bits per heavy atom. The van der Waals surface area contributed by atoms with Crippen LogP contribution in [0.1, 0.15) is 30.9 Å². The van der Waals surface area contributed by atoms with Crippen LogP contribution >= 0.6 is 24.0 Å². The predicted molar refractivity (Wildman–Crippen MR) is 114 cm³/mol. The van der Waals surface area contributed by atoms with Gasteiger partial charge in [-0.25, -0.2) is 4.99 Å². The Bertz CT molecular complexity index is 672. The molecular weight excluding hydrogens is 425 g/mol. The van der Waals surface area contributed by atoms with Gasteiger partial charge < -0.3 is 15.4 Å². The minimum absolute atomic E-state index is 0. The SMILES string of the molecule is CCNC(=NCc1ccccc1OCc1ccccc1)NC1CC1.I. The highest BCUT2D eigenvalue weighted by atomic mass is 127. The number of para-hydroxylation sites is 1. The van der Waals surface area contributed by atoms with Crippen molar-refractivity contribution in [1.82, 2.24) is 10.6 Å². The molecule has 5 heteroatoms. The number of benzene rings is 2. The van der Waals surface area contributed by atoms with Crippen molar-refractivity contribution in [2.75, 3.05) is 6.54 Å². The summed E-state index contributed by atoms with van der Waals surface area (Å²) in [5, 5.41) is 6.74. The Hall–Kier alpha value is -1.76. The third-order valence-corrected chi connectivity index (χ3v) is 3.88. The molecule has 0 aromatic heterocycles. The molecule has 0 saturated heterocycles. The Labute approximate surface area is 167 Å². The minimum Gasteiger partial charge on any atom is -0.489 e. The lowest BCUT2D eigenvalue weighted by molar-refractivity contribution is 0.303. The standard InChI is InChI=1S/C20H25N3O.HI/c1-2-21-20(23-18-12-13-18)22-14-17-10-6-7-11-19(17)24-15-16-8-4-3-5-9-16;/h3-11,18H,2,12-15H2,1H3,(H2,21,22,23);1H. The molecule has 1 aliphatic carbocycles. The van der Waals surface area contributed by atoms with Crippen molar-refractivity contribution in [2.45, 2.75) is 39.0 Å². The van der Waals surface area contributed by atoms with Gasteiger partial charge in [0.05, 0.1) is 6.54 Å². The van der Waals surface area contributed by atoms with E-state index in [2.05, 4.69) is 35.8 Å². The molecule has 0 heterocycles. The third kappa shape index (κ3) is 6.57. The van der Waals surface area contributed by atoms with E-state index in [-0.39, 0.29) is 24.0 Å². The molecule has 0 unspecified atom stereocenters. The summed E-state index contributed by atoms with van der Waals surface area (Å²) in [5.41, 5.74) is 2.26. The number of nitrogens with one attached hydrogen (secondary N) is 2. The summed E-state index contributed by atoms with van der Waals surface area (Å²) in [6, 6.07) is 18.9. The predicted octanol–water partition coefficient (Wildman–Crippen LogP) is 4.10. The van der Waals surface area contributed by atoms with E-state index in [1.165, 1.54) is 18.4 Å². The summed E-state index contributed by atoms with van der Waals surface area (Å²) in [7, 11) is 0. The number of rotatable bonds is 7. The highest BCUT2D eigenvalue weighted by molar-refractivity contribution is 14.0. The Kier molecular flexibility index (Phi) is 8.04. The number of ether oxygens (including phenoxy) is 1. The average molecular weight is 451 g/mol. The van der Waals surface area contributed by atoms with Gasteiger partial charge in [0.15, 0.2) is 5.96 Å². The second-order valence-corrected chi connectivity index (χ2v) is 6.00. The molecule has 4 nitrogen and oxygen atoms in total. The zero-order valence-corrected chi connectivity index (χ0v) is 16.9. The Morgan fingerprint density at radius 2 is 1.80 bits per heavy atom. The molecule has 0 bridgehead atoms. The zero-order valence-electron chi connectivity index (χ0n) is 14.6. The maximum atomic E-state index is 6.00. The van der Waals surface area contributed by atoms with Crippen LogP contribution in [0.5, 0.6) is 5.75 Å². The summed E-state index contributed by atoms with van der Waals surface area (Å²) in [6.45, 7) is 4.13. The molecule has 0 amide bonds. The van der Waals surface area contributed by atoms with Gasteiger partial charge in [0.1, 0.15) is 12.4 Å². The molecular formula is C20H26IN3O. The normalized spacial score (nSPS) is 13.7. The fourth-order valence-corrected chi connectivity index (χ4v) is 2.42. The lowest BCUT2D eigenvalue weighted by Gasteiger charge is -2.12. The Morgan fingerprint density at radius 3 is 2.52 bits per heavy atom. The molecule has 1 fully saturated rings. The number of aliphatic imine (C=N–C) groups is 1. The van der Waals surface area contributed by atoms with Gasteiger partial charge in [-0.2, -0.15) is 0 Å². The maximum absolute atomic E-state index is 6.00. The molecule has 2 aromatic carbocycles. The van der Waals surface area contributed by atoms with Crippen molar-refractivity contribution in [3.8, 4) is 5.75 Å². The van der Waals surface area contributed by atoms with Gasteiger partial charge in [-0.1, -0.05) is 48.5 Å². The van der Waals surface area contributed by atoms with Crippen LogP contribution in [0.4, 0.5) is 0 Å². The lowest BCUT2D eigenvalue weighted by atomic mass is 10.2. The highest BCUT2D eigenvalue weighted by Gasteiger charge is 2.22. The number of halogens is 1. The molecule has 3 rings (SSSR count). The molecule has 25 heavy (non-hydrogen) atoms. The molecule has 134 valence electrons. The smallest absolute Gasteiger partial charge is 0.191 e. The van der Waals surface area contributed by atoms with Crippen LogP contribution in [-0.4, -0.2) is 18.5 Å². The lowest BCUT2D eigenvalue weighted by Crippen LogP contribution is -2.38. The summed E-state index contributed by atoms with van der Waals surface area (Å²) in [6.07, 6.45) is 2.47. The first-order valence-electron chi connectivity index (χ1n) is 8.64. The highest BCUT2D eigenvalue weighted by Crippen LogP contribution is 2.21. The van der Waals surface area contributed by atoms with Crippen molar-refractivity contribution in [3.63, 3.8) is 0 Å². The van der Waals surface area contributed by atoms with E-state index >= 15 is 0 Å². The molecule has 2 aromatic rings. The molecule has 2 N–H and O–H groups in total. The van der Waals surface area contributed by atoms with Gasteiger partial charge in [0.2, 0.25) is 0 Å². The third-order valence-electron chi connectivity index (χ3n) is 3.88. The number of hydrogen-bond acceptors (Lipinski definition) is 2. The van der Waals surface area contributed by atoms with E-state index in [1.54, 1.807) is 0 Å². The van der Waals surface area contributed by atoms with Crippen LogP contribution in [0.3, 0.4) is 0 Å². The largest absolute Gasteiger partial charge is 0.489 e. The van der Waals surface area contributed by atoms with Gasteiger partial charge in [0.25, 0.3) is 0 Å². The first-order valence-corrected chi connectivity index (χ1v) is 8.64. The second-order valence-electron chi connectivity index (χ2n) is 6.00. The van der Waals surface area contributed by atoms with Crippen LogP contribution < -0.4 is 15.4 Å². The van der Waals surface area contributed by atoms with Crippen molar-refractivity contribution in [2.24, 2.45) is 4.99 Å².